The Morgan fingerprint density at radius 3 is 2.20 bits per heavy atom. The normalized spacial score (nSPS) is 9.87. The van der Waals surface area contributed by atoms with E-state index >= 15 is 0 Å². The van der Waals surface area contributed by atoms with E-state index in [2.05, 4.69) is 11.6 Å². The molecule has 0 aliphatic rings. The number of aliphatic carboxylic acids is 1. The van der Waals surface area contributed by atoms with Crippen LogP contribution in [0.15, 0.2) is 42.8 Å². The molecule has 0 amide bonds. The summed E-state index contributed by atoms with van der Waals surface area (Å²) in [5.41, 5.74) is 1.50. The highest BCUT2D eigenvalue weighted by molar-refractivity contribution is 5.85. The second-order valence-corrected chi connectivity index (χ2v) is 2.76. The third kappa shape index (κ3) is 6.21. The van der Waals surface area contributed by atoms with E-state index < -0.39 is 5.97 Å². The zero-order chi connectivity index (χ0) is 11.7. The van der Waals surface area contributed by atoms with Crippen LogP contribution in [-0.4, -0.2) is 16.1 Å². The maximum atomic E-state index is 9.86. The number of aromatic nitrogens is 1. The molecular weight excluding hydrogens is 190 g/mol. The minimum atomic E-state index is -0.845. The van der Waals surface area contributed by atoms with Gasteiger partial charge in [0.25, 0.3) is 0 Å². The summed E-state index contributed by atoms with van der Waals surface area (Å²) in [5.74, 6) is -0.845. The van der Waals surface area contributed by atoms with Crippen molar-refractivity contribution in [2.24, 2.45) is 0 Å². The van der Waals surface area contributed by atoms with Gasteiger partial charge in [0.05, 0.1) is 0 Å². The number of rotatable bonds is 2. The summed E-state index contributed by atoms with van der Waals surface area (Å²) >= 11 is 0. The lowest BCUT2D eigenvalue weighted by atomic mass is 10.3. The first kappa shape index (κ1) is 13.1. The minimum absolute atomic E-state index is 0.389. The number of pyridine rings is 1. The highest BCUT2D eigenvalue weighted by Crippen LogP contribution is 1.95. The molecule has 3 heteroatoms. The molecule has 0 radical (unpaired) electrons. The van der Waals surface area contributed by atoms with Gasteiger partial charge in [-0.2, -0.15) is 0 Å². The smallest absolute Gasteiger partial charge is 0.330 e. The largest absolute Gasteiger partial charge is 0.478 e. The SMILES string of the molecule is C/C=C(\C)C(=O)O.C=Cc1ccncc1. The van der Waals surface area contributed by atoms with Crippen molar-refractivity contribution in [2.75, 3.05) is 0 Å². The Kier molecular flexibility index (Phi) is 6.55. The van der Waals surface area contributed by atoms with Crippen molar-refractivity contribution in [2.45, 2.75) is 13.8 Å². The summed E-state index contributed by atoms with van der Waals surface area (Å²) in [6, 6.07) is 3.82. The Bertz CT molecular complexity index is 342. The molecule has 0 aliphatic carbocycles. The van der Waals surface area contributed by atoms with E-state index in [1.807, 2.05) is 12.1 Å². The van der Waals surface area contributed by atoms with Gasteiger partial charge in [-0.1, -0.05) is 18.7 Å². The van der Waals surface area contributed by atoms with Crippen LogP contribution in [0.25, 0.3) is 6.08 Å². The second-order valence-electron chi connectivity index (χ2n) is 2.76. The topological polar surface area (TPSA) is 50.2 Å². The number of nitrogens with zero attached hydrogens (tertiary/aromatic N) is 1. The third-order valence-corrected chi connectivity index (χ3v) is 1.71. The van der Waals surface area contributed by atoms with E-state index in [-0.39, 0.29) is 0 Å². The summed E-state index contributed by atoms with van der Waals surface area (Å²) in [6.07, 6.45) is 6.85. The summed E-state index contributed by atoms with van der Waals surface area (Å²) in [6.45, 7) is 6.86. The van der Waals surface area contributed by atoms with Gasteiger partial charge in [0.2, 0.25) is 0 Å². The molecule has 1 aromatic heterocycles. The van der Waals surface area contributed by atoms with Crippen LogP contribution in [0, 0.1) is 0 Å². The lowest BCUT2D eigenvalue weighted by Gasteiger charge is -1.84. The molecule has 0 aliphatic heterocycles. The van der Waals surface area contributed by atoms with Crippen molar-refractivity contribution >= 4 is 12.0 Å². The maximum absolute atomic E-state index is 9.86. The molecule has 0 aromatic carbocycles. The van der Waals surface area contributed by atoms with Gasteiger partial charge in [0.15, 0.2) is 0 Å². The fraction of sp³-hybridized carbons (Fsp3) is 0.167. The molecule has 1 rings (SSSR count). The van der Waals surface area contributed by atoms with Crippen molar-refractivity contribution in [1.82, 2.24) is 4.98 Å². The number of allylic oxidation sites excluding steroid dienone is 1. The van der Waals surface area contributed by atoms with E-state index in [9.17, 15) is 4.79 Å². The standard InChI is InChI=1S/C7H7N.C5H8O2/c1-2-7-3-5-8-6-4-7;1-3-4(2)5(6)7/h2-6H,1H2;3H,1-2H3,(H,6,7)/b;4-3+. The molecule has 15 heavy (non-hydrogen) atoms. The average molecular weight is 205 g/mol. The number of hydrogen-bond donors (Lipinski definition) is 1. The summed E-state index contributed by atoms with van der Waals surface area (Å²) in [7, 11) is 0. The Labute approximate surface area is 89.8 Å². The van der Waals surface area contributed by atoms with Crippen LogP contribution < -0.4 is 0 Å². The molecule has 0 saturated heterocycles. The van der Waals surface area contributed by atoms with Crippen molar-refractivity contribution in [3.63, 3.8) is 0 Å². The molecule has 0 fully saturated rings. The van der Waals surface area contributed by atoms with Gasteiger partial charge in [0.1, 0.15) is 0 Å². The van der Waals surface area contributed by atoms with Gasteiger partial charge >= 0.3 is 5.97 Å². The fourth-order valence-corrected chi connectivity index (χ4v) is 0.623. The van der Waals surface area contributed by atoms with E-state index in [1.54, 1.807) is 38.4 Å². The predicted molar refractivity (Wildman–Crippen MR) is 61.4 cm³/mol. The van der Waals surface area contributed by atoms with E-state index in [1.165, 1.54) is 0 Å². The predicted octanol–water partition coefficient (Wildman–Crippen LogP) is 2.76. The molecule has 1 N–H and O–H groups in total. The minimum Gasteiger partial charge on any atom is -0.478 e. The molecule has 1 aromatic rings. The average Bonchev–Trinajstić information content (AvgIpc) is 2.29. The zero-order valence-electron chi connectivity index (χ0n) is 8.97. The summed E-state index contributed by atoms with van der Waals surface area (Å²) < 4.78 is 0. The maximum Gasteiger partial charge on any atom is 0.330 e. The van der Waals surface area contributed by atoms with Crippen molar-refractivity contribution < 1.29 is 9.90 Å². The zero-order valence-corrected chi connectivity index (χ0v) is 8.97. The lowest BCUT2D eigenvalue weighted by molar-refractivity contribution is -0.132. The number of carboxylic acid groups (broad SMARTS) is 1. The first-order chi connectivity index (χ1) is 7.11. The van der Waals surface area contributed by atoms with Gasteiger partial charge < -0.3 is 5.11 Å². The molecule has 0 spiro atoms. The highest BCUT2D eigenvalue weighted by atomic mass is 16.4. The fourth-order valence-electron chi connectivity index (χ4n) is 0.623. The first-order valence-corrected chi connectivity index (χ1v) is 4.50. The Hall–Kier alpha value is -1.90. The molecule has 0 atom stereocenters. The molecular formula is C12H15NO2. The molecule has 1 heterocycles. The van der Waals surface area contributed by atoms with Gasteiger partial charge in [-0.3, -0.25) is 4.98 Å². The Balaban J connectivity index is 0.000000265. The number of carbonyl (C=O) groups is 1. The Morgan fingerprint density at radius 2 is 2.00 bits per heavy atom. The quantitative estimate of drug-likeness (QED) is 0.755. The molecule has 0 bridgehead atoms. The molecule has 80 valence electrons. The Morgan fingerprint density at radius 1 is 1.47 bits per heavy atom. The highest BCUT2D eigenvalue weighted by Gasteiger charge is 1.93. The number of hydrogen-bond acceptors (Lipinski definition) is 2. The van der Waals surface area contributed by atoms with Gasteiger partial charge in [-0.15, -0.1) is 0 Å². The van der Waals surface area contributed by atoms with Crippen LogP contribution in [0.3, 0.4) is 0 Å². The van der Waals surface area contributed by atoms with Crippen molar-refractivity contribution in [1.29, 1.82) is 0 Å². The van der Waals surface area contributed by atoms with Crippen LogP contribution in [0.1, 0.15) is 19.4 Å². The molecule has 3 nitrogen and oxygen atoms in total. The van der Waals surface area contributed by atoms with Crippen LogP contribution >= 0.6 is 0 Å². The first-order valence-electron chi connectivity index (χ1n) is 4.50. The second kappa shape index (κ2) is 7.50. The van der Waals surface area contributed by atoms with E-state index in [0.29, 0.717) is 5.57 Å². The van der Waals surface area contributed by atoms with Crippen LogP contribution in [0.5, 0.6) is 0 Å². The van der Waals surface area contributed by atoms with Crippen LogP contribution in [0.4, 0.5) is 0 Å². The molecule has 0 unspecified atom stereocenters. The monoisotopic (exact) mass is 205 g/mol. The van der Waals surface area contributed by atoms with Gasteiger partial charge in [-0.25, -0.2) is 4.79 Å². The third-order valence-electron chi connectivity index (χ3n) is 1.71. The lowest BCUT2D eigenvalue weighted by Crippen LogP contribution is -1.93. The van der Waals surface area contributed by atoms with Crippen molar-refractivity contribution in [3.8, 4) is 0 Å². The van der Waals surface area contributed by atoms with E-state index in [0.717, 1.165) is 5.56 Å². The van der Waals surface area contributed by atoms with E-state index in [4.69, 9.17) is 5.11 Å². The summed E-state index contributed by atoms with van der Waals surface area (Å²) in [5, 5.41) is 8.11. The van der Waals surface area contributed by atoms with Crippen molar-refractivity contribution in [3.05, 3.63) is 48.3 Å². The van der Waals surface area contributed by atoms with Gasteiger partial charge in [0, 0.05) is 18.0 Å². The van der Waals surface area contributed by atoms with Crippen LogP contribution in [-0.2, 0) is 4.79 Å². The molecule has 0 saturated carbocycles. The van der Waals surface area contributed by atoms with Gasteiger partial charge in [-0.05, 0) is 31.5 Å². The summed E-state index contributed by atoms with van der Waals surface area (Å²) in [4.78, 5) is 13.7. The van der Waals surface area contributed by atoms with Crippen LogP contribution in [0.2, 0.25) is 0 Å². The number of carboxylic acids is 1.